The summed E-state index contributed by atoms with van der Waals surface area (Å²) in [4.78, 5) is 0. The van der Waals surface area contributed by atoms with E-state index in [1.807, 2.05) is 17.8 Å². The predicted molar refractivity (Wildman–Crippen MR) is 52.6 cm³/mol. The molecule has 2 unspecified atom stereocenters. The summed E-state index contributed by atoms with van der Waals surface area (Å²) in [5.41, 5.74) is 0.469. The molecule has 2 aliphatic rings. The van der Waals surface area contributed by atoms with Gasteiger partial charge in [-0.1, -0.05) is 12.8 Å². The van der Waals surface area contributed by atoms with Gasteiger partial charge in [-0.2, -0.15) is 5.10 Å². The van der Waals surface area contributed by atoms with Gasteiger partial charge in [0, 0.05) is 13.2 Å². The van der Waals surface area contributed by atoms with Gasteiger partial charge in [0.2, 0.25) is 0 Å². The van der Waals surface area contributed by atoms with Crippen LogP contribution in [0.2, 0.25) is 0 Å². The van der Waals surface area contributed by atoms with Crippen LogP contribution in [0.3, 0.4) is 0 Å². The van der Waals surface area contributed by atoms with Crippen LogP contribution in [0.15, 0.2) is 12.3 Å². The first-order valence-corrected chi connectivity index (χ1v) is 5.45. The summed E-state index contributed by atoms with van der Waals surface area (Å²) < 4.78 is 1.82. The number of aryl methyl sites for hydroxylation is 1. The van der Waals surface area contributed by atoms with Crippen molar-refractivity contribution in [1.29, 1.82) is 0 Å². The first-order valence-electron chi connectivity index (χ1n) is 5.45. The highest BCUT2D eigenvalue weighted by molar-refractivity contribution is 5.27. The minimum Gasteiger partial charge on any atom is -0.383 e. The lowest BCUT2D eigenvalue weighted by Crippen LogP contribution is -2.15. The van der Waals surface area contributed by atoms with Crippen molar-refractivity contribution >= 4 is 0 Å². The second-order valence-corrected chi connectivity index (χ2v) is 4.66. The number of nitrogens with zero attached hydrogens (tertiary/aromatic N) is 2. The lowest BCUT2D eigenvalue weighted by atomic mass is 10.0. The summed E-state index contributed by atoms with van der Waals surface area (Å²) in [5, 5.41) is 14.7. The van der Waals surface area contributed by atoms with Gasteiger partial charge in [0.15, 0.2) is 0 Å². The number of aliphatic hydroxyl groups is 1. The SMILES string of the molecule is Cn1nccc1C1(O)C2CCCCC21. The van der Waals surface area contributed by atoms with Gasteiger partial charge in [-0.15, -0.1) is 0 Å². The second kappa shape index (κ2) is 2.60. The molecular formula is C11H16N2O. The summed E-state index contributed by atoms with van der Waals surface area (Å²) >= 11 is 0. The molecule has 76 valence electrons. The van der Waals surface area contributed by atoms with Crippen LogP contribution in [0.4, 0.5) is 0 Å². The summed E-state index contributed by atoms with van der Waals surface area (Å²) in [7, 11) is 1.91. The van der Waals surface area contributed by atoms with E-state index in [0.29, 0.717) is 11.8 Å². The highest BCUT2D eigenvalue weighted by Gasteiger charge is 2.65. The molecule has 1 N–H and O–H groups in total. The minimum absolute atomic E-state index is 0.506. The van der Waals surface area contributed by atoms with Crippen LogP contribution in [0.1, 0.15) is 31.4 Å². The standard InChI is InChI=1S/C11H16N2O/c1-13-10(6-7-12-13)11(14)8-4-2-3-5-9(8)11/h6-9,14H,2-5H2,1H3. The molecule has 2 fully saturated rings. The maximum atomic E-state index is 10.6. The fourth-order valence-corrected chi connectivity index (χ4v) is 3.24. The zero-order valence-electron chi connectivity index (χ0n) is 8.48. The minimum atomic E-state index is -0.540. The van der Waals surface area contributed by atoms with Crippen LogP contribution < -0.4 is 0 Å². The van der Waals surface area contributed by atoms with Crippen molar-refractivity contribution in [3.8, 4) is 0 Å². The van der Waals surface area contributed by atoms with Crippen molar-refractivity contribution in [3.05, 3.63) is 18.0 Å². The van der Waals surface area contributed by atoms with E-state index in [-0.39, 0.29) is 0 Å². The average Bonchev–Trinajstić information content (AvgIpc) is 2.57. The lowest BCUT2D eigenvalue weighted by molar-refractivity contribution is 0.108. The largest absolute Gasteiger partial charge is 0.383 e. The normalized spacial score (nSPS) is 40.7. The van der Waals surface area contributed by atoms with E-state index >= 15 is 0 Å². The summed E-state index contributed by atoms with van der Waals surface area (Å²) in [5.74, 6) is 1.01. The molecule has 2 aliphatic carbocycles. The van der Waals surface area contributed by atoms with Gasteiger partial charge < -0.3 is 5.11 Å². The summed E-state index contributed by atoms with van der Waals surface area (Å²) in [6.45, 7) is 0. The third kappa shape index (κ3) is 0.883. The van der Waals surface area contributed by atoms with E-state index < -0.39 is 5.60 Å². The van der Waals surface area contributed by atoms with E-state index in [1.54, 1.807) is 6.20 Å². The van der Waals surface area contributed by atoms with Crippen LogP contribution in [0.25, 0.3) is 0 Å². The molecule has 0 amide bonds. The predicted octanol–water partition coefficient (Wildman–Crippen LogP) is 1.43. The average molecular weight is 192 g/mol. The molecule has 2 saturated carbocycles. The fourth-order valence-electron chi connectivity index (χ4n) is 3.24. The van der Waals surface area contributed by atoms with Crippen LogP contribution in [0.5, 0.6) is 0 Å². The third-order valence-electron chi connectivity index (χ3n) is 4.02. The fraction of sp³-hybridized carbons (Fsp3) is 0.727. The molecule has 3 nitrogen and oxygen atoms in total. The highest BCUT2D eigenvalue weighted by atomic mass is 16.3. The smallest absolute Gasteiger partial charge is 0.112 e. The highest BCUT2D eigenvalue weighted by Crippen LogP contribution is 2.64. The Labute approximate surface area is 83.7 Å². The van der Waals surface area contributed by atoms with Gasteiger partial charge in [-0.3, -0.25) is 4.68 Å². The van der Waals surface area contributed by atoms with Crippen LogP contribution in [-0.2, 0) is 12.6 Å². The molecule has 1 heterocycles. The van der Waals surface area contributed by atoms with Crippen molar-refractivity contribution in [3.63, 3.8) is 0 Å². The van der Waals surface area contributed by atoms with Gasteiger partial charge in [-0.05, 0) is 30.7 Å². The van der Waals surface area contributed by atoms with Gasteiger partial charge in [0.1, 0.15) is 5.60 Å². The van der Waals surface area contributed by atoms with Crippen LogP contribution in [-0.4, -0.2) is 14.9 Å². The molecule has 0 bridgehead atoms. The molecule has 0 radical (unpaired) electrons. The second-order valence-electron chi connectivity index (χ2n) is 4.66. The molecule has 3 heteroatoms. The van der Waals surface area contributed by atoms with E-state index in [0.717, 1.165) is 5.69 Å². The number of rotatable bonds is 1. The molecule has 0 aromatic carbocycles. The summed E-state index contributed by atoms with van der Waals surface area (Å²) in [6, 6.07) is 1.96. The maximum Gasteiger partial charge on any atom is 0.112 e. The third-order valence-corrected chi connectivity index (χ3v) is 4.02. The molecule has 14 heavy (non-hydrogen) atoms. The van der Waals surface area contributed by atoms with E-state index in [9.17, 15) is 5.11 Å². The van der Waals surface area contributed by atoms with Crippen molar-refractivity contribution in [2.45, 2.75) is 31.3 Å². The Kier molecular flexibility index (Phi) is 1.57. The molecule has 1 aromatic heterocycles. The first kappa shape index (κ1) is 8.48. The Hall–Kier alpha value is -0.830. The molecule has 3 rings (SSSR count). The van der Waals surface area contributed by atoms with Crippen molar-refractivity contribution < 1.29 is 5.11 Å². The number of hydrogen-bond donors (Lipinski definition) is 1. The molecule has 0 saturated heterocycles. The zero-order valence-corrected chi connectivity index (χ0v) is 8.48. The molecule has 1 aromatic rings. The molecule has 0 aliphatic heterocycles. The quantitative estimate of drug-likeness (QED) is 0.731. The lowest BCUT2D eigenvalue weighted by Gasteiger charge is -2.10. The Morgan fingerprint density at radius 2 is 2.07 bits per heavy atom. The van der Waals surface area contributed by atoms with Crippen molar-refractivity contribution in [2.75, 3.05) is 0 Å². The van der Waals surface area contributed by atoms with E-state index in [2.05, 4.69) is 5.10 Å². The zero-order chi connectivity index (χ0) is 9.76. The van der Waals surface area contributed by atoms with Crippen molar-refractivity contribution in [1.82, 2.24) is 9.78 Å². The number of fused-ring (bicyclic) bond motifs is 1. The monoisotopic (exact) mass is 192 g/mol. The molecular weight excluding hydrogens is 176 g/mol. The van der Waals surface area contributed by atoms with E-state index in [4.69, 9.17) is 0 Å². The Morgan fingerprint density at radius 1 is 1.43 bits per heavy atom. The number of hydrogen-bond acceptors (Lipinski definition) is 2. The maximum absolute atomic E-state index is 10.6. The van der Waals surface area contributed by atoms with E-state index in [1.165, 1.54) is 25.7 Å². The Balaban J connectivity index is 1.96. The molecule has 0 spiro atoms. The number of aromatic nitrogens is 2. The van der Waals surface area contributed by atoms with Crippen LogP contribution in [0, 0.1) is 11.8 Å². The first-order chi connectivity index (χ1) is 6.74. The van der Waals surface area contributed by atoms with Gasteiger partial charge in [-0.25, -0.2) is 0 Å². The van der Waals surface area contributed by atoms with Gasteiger partial charge in [0.05, 0.1) is 5.69 Å². The molecule has 2 atom stereocenters. The van der Waals surface area contributed by atoms with Gasteiger partial charge in [0.25, 0.3) is 0 Å². The van der Waals surface area contributed by atoms with Crippen LogP contribution >= 0.6 is 0 Å². The Bertz CT molecular complexity index is 346. The van der Waals surface area contributed by atoms with Gasteiger partial charge >= 0.3 is 0 Å². The topological polar surface area (TPSA) is 38.0 Å². The Morgan fingerprint density at radius 3 is 2.57 bits per heavy atom. The van der Waals surface area contributed by atoms with Crippen molar-refractivity contribution in [2.24, 2.45) is 18.9 Å². The summed E-state index contributed by atoms with van der Waals surface area (Å²) in [6.07, 6.45) is 6.71.